The largest absolute Gasteiger partial charge is 0.327 e. The fraction of sp³-hybridized carbons (Fsp3) is 0.769. The Balaban J connectivity index is 2.01. The highest BCUT2D eigenvalue weighted by Gasteiger charge is 2.43. The second kappa shape index (κ2) is 5.54. The summed E-state index contributed by atoms with van der Waals surface area (Å²) < 4.78 is 0. The van der Waals surface area contributed by atoms with Crippen molar-refractivity contribution in [3.05, 3.63) is 5.01 Å². The van der Waals surface area contributed by atoms with Crippen molar-refractivity contribution >= 4 is 22.4 Å². The number of nitrogens with two attached hydrogens (primary N) is 1. The minimum absolute atomic E-state index is 0.0234. The number of nitrogens with one attached hydrogen (secondary N) is 1. The Labute approximate surface area is 118 Å². The van der Waals surface area contributed by atoms with Crippen LogP contribution < -0.4 is 11.1 Å². The van der Waals surface area contributed by atoms with E-state index in [-0.39, 0.29) is 11.9 Å². The van der Waals surface area contributed by atoms with Gasteiger partial charge in [0.05, 0.1) is 5.41 Å². The zero-order chi connectivity index (χ0) is 14.0. The summed E-state index contributed by atoms with van der Waals surface area (Å²) in [7, 11) is 0. The number of anilines is 1. The minimum Gasteiger partial charge on any atom is -0.327 e. The third kappa shape index (κ3) is 3.12. The molecule has 106 valence electrons. The lowest BCUT2D eigenvalue weighted by atomic mass is 9.84. The van der Waals surface area contributed by atoms with Crippen LogP contribution in [0.1, 0.15) is 45.0 Å². The molecule has 19 heavy (non-hydrogen) atoms. The molecule has 1 amide bonds. The first-order valence-electron chi connectivity index (χ1n) is 6.81. The average molecular weight is 282 g/mol. The number of carbonyl (C=O) groups excluding carboxylic acids is 1. The zero-order valence-corrected chi connectivity index (χ0v) is 12.6. The molecule has 2 unspecified atom stereocenters. The van der Waals surface area contributed by atoms with Gasteiger partial charge in [-0.15, -0.1) is 10.2 Å². The summed E-state index contributed by atoms with van der Waals surface area (Å²) in [6.45, 7) is 6.21. The van der Waals surface area contributed by atoms with Crippen LogP contribution in [0, 0.1) is 11.3 Å². The van der Waals surface area contributed by atoms with Gasteiger partial charge < -0.3 is 5.73 Å². The highest BCUT2D eigenvalue weighted by molar-refractivity contribution is 7.15. The Kier molecular flexibility index (Phi) is 4.20. The predicted octanol–water partition coefficient (Wildman–Crippen LogP) is 2.19. The van der Waals surface area contributed by atoms with Gasteiger partial charge in [0.15, 0.2) is 0 Å². The number of aromatic nitrogens is 2. The number of carbonyl (C=O) groups is 1. The van der Waals surface area contributed by atoms with Crippen molar-refractivity contribution in [2.24, 2.45) is 17.1 Å². The first kappa shape index (κ1) is 14.4. The Bertz CT molecular complexity index is 459. The monoisotopic (exact) mass is 282 g/mol. The number of rotatable bonds is 4. The molecule has 1 aromatic heterocycles. The summed E-state index contributed by atoms with van der Waals surface area (Å²) in [5, 5.41) is 12.6. The molecule has 1 aliphatic carbocycles. The molecule has 1 aromatic rings. The van der Waals surface area contributed by atoms with Gasteiger partial charge >= 0.3 is 0 Å². The topological polar surface area (TPSA) is 80.9 Å². The number of hydrogen-bond donors (Lipinski definition) is 2. The summed E-state index contributed by atoms with van der Waals surface area (Å²) in [5.41, 5.74) is 5.58. The van der Waals surface area contributed by atoms with Gasteiger partial charge in [0.25, 0.3) is 0 Å². The zero-order valence-electron chi connectivity index (χ0n) is 11.8. The molecular formula is C13H22N4OS. The van der Waals surface area contributed by atoms with E-state index in [1.54, 1.807) is 0 Å². The van der Waals surface area contributed by atoms with E-state index < -0.39 is 5.41 Å². The van der Waals surface area contributed by atoms with E-state index in [1.165, 1.54) is 11.3 Å². The Morgan fingerprint density at radius 1 is 1.58 bits per heavy atom. The highest BCUT2D eigenvalue weighted by atomic mass is 32.1. The predicted molar refractivity (Wildman–Crippen MR) is 77.0 cm³/mol. The fourth-order valence-electron chi connectivity index (χ4n) is 2.45. The van der Waals surface area contributed by atoms with E-state index in [0.717, 1.165) is 30.7 Å². The van der Waals surface area contributed by atoms with Crippen LogP contribution in [0.4, 0.5) is 5.13 Å². The van der Waals surface area contributed by atoms with Crippen LogP contribution in [-0.2, 0) is 11.2 Å². The third-order valence-corrected chi connectivity index (χ3v) is 4.68. The molecule has 0 saturated heterocycles. The van der Waals surface area contributed by atoms with Crippen molar-refractivity contribution in [2.75, 3.05) is 5.32 Å². The van der Waals surface area contributed by atoms with Crippen molar-refractivity contribution in [1.29, 1.82) is 0 Å². The van der Waals surface area contributed by atoms with Gasteiger partial charge in [-0.2, -0.15) is 0 Å². The average Bonchev–Trinajstić information content (AvgIpc) is 2.87. The fourth-order valence-corrected chi connectivity index (χ4v) is 3.40. The Morgan fingerprint density at radius 3 is 2.89 bits per heavy atom. The summed E-state index contributed by atoms with van der Waals surface area (Å²) in [4.78, 5) is 12.3. The Hall–Kier alpha value is -1.01. The van der Waals surface area contributed by atoms with Crippen LogP contribution >= 0.6 is 11.3 Å². The molecule has 0 aliphatic heterocycles. The van der Waals surface area contributed by atoms with Gasteiger partial charge in [0.2, 0.25) is 11.0 Å². The van der Waals surface area contributed by atoms with Crippen LogP contribution in [0.25, 0.3) is 0 Å². The quantitative estimate of drug-likeness (QED) is 0.887. The molecule has 0 aromatic carbocycles. The lowest BCUT2D eigenvalue weighted by molar-refractivity contribution is -0.125. The smallest absolute Gasteiger partial charge is 0.233 e. The molecule has 2 atom stereocenters. The van der Waals surface area contributed by atoms with E-state index in [0.29, 0.717) is 11.0 Å². The van der Waals surface area contributed by atoms with Gasteiger partial charge in [0.1, 0.15) is 5.01 Å². The van der Waals surface area contributed by atoms with Crippen molar-refractivity contribution in [1.82, 2.24) is 10.2 Å². The van der Waals surface area contributed by atoms with Crippen molar-refractivity contribution < 1.29 is 4.79 Å². The van der Waals surface area contributed by atoms with E-state index in [9.17, 15) is 4.79 Å². The van der Waals surface area contributed by atoms with E-state index >= 15 is 0 Å². The minimum atomic E-state index is -0.468. The van der Waals surface area contributed by atoms with E-state index in [1.807, 2.05) is 6.92 Å². The molecule has 0 spiro atoms. The highest BCUT2D eigenvalue weighted by Crippen LogP contribution is 2.37. The molecule has 1 saturated carbocycles. The van der Waals surface area contributed by atoms with Gasteiger partial charge in [-0.25, -0.2) is 0 Å². The van der Waals surface area contributed by atoms with Gasteiger partial charge in [-0.1, -0.05) is 31.6 Å². The summed E-state index contributed by atoms with van der Waals surface area (Å²) >= 11 is 1.45. The lowest BCUT2D eigenvalue weighted by Crippen LogP contribution is -2.44. The number of amides is 1. The molecule has 5 nitrogen and oxygen atoms in total. The van der Waals surface area contributed by atoms with Crippen LogP contribution in [0.3, 0.4) is 0 Å². The second-order valence-corrected chi connectivity index (χ2v) is 7.03. The van der Waals surface area contributed by atoms with E-state index in [4.69, 9.17) is 5.73 Å². The second-order valence-electron chi connectivity index (χ2n) is 5.97. The van der Waals surface area contributed by atoms with Gasteiger partial charge in [0, 0.05) is 12.5 Å². The third-order valence-electron chi connectivity index (χ3n) is 3.82. The molecule has 1 heterocycles. The molecule has 0 bridgehead atoms. The first-order chi connectivity index (χ1) is 8.91. The Morgan fingerprint density at radius 2 is 2.32 bits per heavy atom. The summed E-state index contributed by atoms with van der Waals surface area (Å²) in [6, 6.07) is -0.0597. The number of nitrogens with zero attached hydrogens (tertiary/aromatic N) is 2. The van der Waals surface area contributed by atoms with Crippen molar-refractivity contribution in [3.63, 3.8) is 0 Å². The van der Waals surface area contributed by atoms with Crippen LogP contribution in [0.2, 0.25) is 0 Å². The van der Waals surface area contributed by atoms with E-state index in [2.05, 4.69) is 29.4 Å². The SMILES string of the molecule is CC(C)Cc1nnc(NC(=O)C2(C)CCCC2N)s1. The van der Waals surface area contributed by atoms with Crippen LogP contribution in [0.15, 0.2) is 0 Å². The maximum Gasteiger partial charge on any atom is 0.233 e. The van der Waals surface area contributed by atoms with Crippen molar-refractivity contribution in [3.8, 4) is 0 Å². The van der Waals surface area contributed by atoms with Gasteiger partial charge in [-0.3, -0.25) is 10.1 Å². The van der Waals surface area contributed by atoms with Crippen LogP contribution in [0.5, 0.6) is 0 Å². The summed E-state index contributed by atoms with van der Waals surface area (Å²) in [5.74, 6) is 0.516. The maximum absolute atomic E-state index is 12.3. The van der Waals surface area contributed by atoms with Gasteiger partial charge in [-0.05, 0) is 25.7 Å². The molecule has 1 fully saturated rings. The standard InChI is InChI=1S/C13H22N4OS/c1-8(2)7-10-16-17-12(19-10)15-11(18)13(3)6-4-5-9(13)14/h8-9H,4-7,14H2,1-3H3,(H,15,17,18). The summed E-state index contributed by atoms with van der Waals surface area (Å²) in [6.07, 6.45) is 3.67. The number of hydrogen-bond acceptors (Lipinski definition) is 5. The normalized spacial score (nSPS) is 26.9. The molecule has 0 radical (unpaired) electrons. The molecule has 2 rings (SSSR count). The molecular weight excluding hydrogens is 260 g/mol. The first-order valence-corrected chi connectivity index (χ1v) is 7.63. The molecule has 1 aliphatic rings. The van der Waals surface area contributed by atoms with Crippen molar-refractivity contribution in [2.45, 2.75) is 52.5 Å². The maximum atomic E-state index is 12.3. The van der Waals surface area contributed by atoms with Crippen LogP contribution in [-0.4, -0.2) is 22.1 Å². The lowest BCUT2D eigenvalue weighted by Gasteiger charge is -2.26. The molecule has 3 N–H and O–H groups in total. The molecule has 6 heteroatoms.